The van der Waals surface area contributed by atoms with Gasteiger partial charge in [-0.3, -0.25) is 4.79 Å². The molecule has 0 radical (unpaired) electrons. The van der Waals surface area contributed by atoms with E-state index in [1.54, 1.807) is 18.2 Å². The number of nitrogens with zero attached hydrogens (tertiary/aromatic N) is 3. The Labute approximate surface area is 121 Å². The minimum atomic E-state index is -0.763. The Hall–Kier alpha value is -2.99. The molecule has 0 heterocycles. The van der Waals surface area contributed by atoms with Crippen LogP contribution in [0.4, 0.5) is 5.69 Å². The van der Waals surface area contributed by atoms with Crippen LogP contribution in [0.15, 0.2) is 29.0 Å². The molecule has 0 fully saturated rings. The number of carbonyl (C=O) groups is 2. The summed E-state index contributed by atoms with van der Waals surface area (Å²) in [5.41, 5.74) is 9.30. The second kappa shape index (κ2) is 7.56. The number of anilines is 1. The maximum Gasteiger partial charge on any atom is 0.340 e. The van der Waals surface area contributed by atoms with E-state index in [9.17, 15) is 9.59 Å². The number of rotatable bonds is 5. The molecule has 0 atom stereocenters. The van der Waals surface area contributed by atoms with Gasteiger partial charge in [-0.05, 0) is 23.7 Å². The predicted octanol–water partition coefficient (Wildman–Crippen LogP) is 2.48. The van der Waals surface area contributed by atoms with Crippen molar-refractivity contribution in [3.05, 3.63) is 39.9 Å². The first-order valence-corrected chi connectivity index (χ1v) is 5.82. The minimum Gasteiger partial charge on any atom is -0.496 e. The minimum absolute atomic E-state index is 0.203. The second-order valence-corrected chi connectivity index (χ2v) is 3.85. The van der Waals surface area contributed by atoms with Gasteiger partial charge in [0.1, 0.15) is 11.4 Å². The number of nitrogens with one attached hydrogen (secondary N) is 1. The zero-order valence-corrected chi connectivity index (χ0v) is 11.8. The van der Waals surface area contributed by atoms with Crippen LogP contribution in [0.3, 0.4) is 0 Å². The number of azide groups is 1. The van der Waals surface area contributed by atoms with Crippen LogP contribution in [-0.4, -0.2) is 26.1 Å². The molecule has 8 heteroatoms. The number of hydrogen-bond donors (Lipinski definition) is 1. The van der Waals surface area contributed by atoms with Crippen LogP contribution < -0.4 is 10.1 Å². The van der Waals surface area contributed by atoms with Gasteiger partial charge in [0, 0.05) is 29.2 Å². The van der Waals surface area contributed by atoms with Gasteiger partial charge in [0.15, 0.2) is 0 Å². The van der Waals surface area contributed by atoms with Crippen molar-refractivity contribution in [2.24, 2.45) is 5.11 Å². The maximum absolute atomic E-state index is 11.5. The molecule has 1 aromatic carbocycles. The summed E-state index contributed by atoms with van der Waals surface area (Å²) >= 11 is 0. The Balaban J connectivity index is 3.25. The van der Waals surface area contributed by atoms with Crippen molar-refractivity contribution < 1.29 is 19.1 Å². The fraction of sp³-hybridized carbons (Fsp3) is 0.231. The highest BCUT2D eigenvalue weighted by Crippen LogP contribution is 2.26. The zero-order valence-electron chi connectivity index (χ0n) is 11.8. The number of carbonyl (C=O) groups excluding carboxylic acids is 2. The van der Waals surface area contributed by atoms with Gasteiger partial charge in [0.2, 0.25) is 5.91 Å². The Morgan fingerprint density at radius 1 is 1.38 bits per heavy atom. The molecule has 0 aliphatic heterocycles. The third-order valence-electron chi connectivity index (χ3n) is 2.39. The van der Waals surface area contributed by atoms with Crippen molar-refractivity contribution in [3.63, 3.8) is 0 Å². The van der Waals surface area contributed by atoms with E-state index in [-0.39, 0.29) is 11.6 Å². The van der Waals surface area contributed by atoms with E-state index < -0.39 is 5.97 Å². The molecule has 0 spiro atoms. The van der Waals surface area contributed by atoms with E-state index in [2.05, 4.69) is 20.1 Å². The summed E-state index contributed by atoms with van der Waals surface area (Å²) in [6.07, 6.45) is 1.34. The van der Waals surface area contributed by atoms with E-state index in [1.165, 1.54) is 27.2 Å². The molecule has 110 valence electrons. The van der Waals surface area contributed by atoms with E-state index in [0.29, 0.717) is 17.0 Å². The first-order chi connectivity index (χ1) is 10.0. The normalized spacial score (nSPS) is 10.3. The number of methoxy groups -OCH3 is 2. The van der Waals surface area contributed by atoms with Gasteiger partial charge in [-0.15, -0.1) is 0 Å². The summed E-state index contributed by atoms with van der Waals surface area (Å²) in [6.45, 7) is 1.39. The molecule has 21 heavy (non-hydrogen) atoms. The number of ether oxygens (including phenoxy) is 2. The number of esters is 1. The molecule has 0 bridgehead atoms. The molecule has 1 aromatic rings. The summed E-state index contributed by atoms with van der Waals surface area (Å²) < 4.78 is 9.69. The topological polar surface area (TPSA) is 113 Å². The van der Waals surface area contributed by atoms with Crippen molar-refractivity contribution in [2.45, 2.75) is 6.92 Å². The van der Waals surface area contributed by atoms with Gasteiger partial charge in [-0.25, -0.2) is 4.79 Å². The average Bonchev–Trinajstić information content (AvgIpc) is 2.46. The molecule has 0 aliphatic carbocycles. The fourth-order valence-electron chi connectivity index (χ4n) is 1.54. The summed E-state index contributed by atoms with van der Waals surface area (Å²) in [5.74, 6) is -0.582. The van der Waals surface area contributed by atoms with Crippen molar-refractivity contribution in [1.29, 1.82) is 0 Å². The van der Waals surface area contributed by atoms with Crippen molar-refractivity contribution in [1.82, 2.24) is 0 Å². The summed E-state index contributed by atoms with van der Waals surface area (Å²) in [6, 6.07) is 4.82. The molecule has 0 unspecified atom stereocenters. The van der Waals surface area contributed by atoms with Crippen LogP contribution >= 0.6 is 0 Å². The Kier molecular flexibility index (Phi) is 5.79. The van der Waals surface area contributed by atoms with Crippen LogP contribution in [-0.2, 0) is 14.3 Å². The van der Waals surface area contributed by atoms with Crippen LogP contribution in [0.25, 0.3) is 16.5 Å². The predicted molar refractivity (Wildman–Crippen MR) is 76.4 cm³/mol. The number of hydrogen-bond acceptors (Lipinski definition) is 5. The highest BCUT2D eigenvalue weighted by atomic mass is 16.5. The first kappa shape index (κ1) is 16.1. The van der Waals surface area contributed by atoms with Crippen LogP contribution in [0.5, 0.6) is 5.75 Å². The van der Waals surface area contributed by atoms with Gasteiger partial charge >= 0.3 is 5.97 Å². The van der Waals surface area contributed by atoms with E-state index in [0.717, 1.165) is 0 Å². The molecular formula is C13H14N4O4. The molecule has 0 aromatic heterocycles. The Morgan fingerprint density at radius 2 is 2.10 bits per heavy atom. The fourth-order valence-corrected chi connectivity index (χ4v) is 1.54. The smallest absolute Gasteiger partial charge is 0.340 e. The highest BCUT2D eigenvalue weighted by Gasteiger charge is 2.10. The third-order valence-corrected chi connectivity index (χ3v) is 2.39. The SMILES string of the molecule is COC(=O)/C(=C/c1ccc(NC(C)=O)cc1OC)N=[N+]=[N-]. The Bertz CT molecular complexity index is 633. The molecule has 0 saturated heterocycles. The molecule has 1 amide bonds. The number of amides is 1. The van der Waals surface area contributed by atoms with Gasteiger partial charge in [0.25, 0.3) is 0 Å². The lowest BCUT2D eigenvalue weighted by Gasteiger charge is -2.09. The molecule has 0 saturated carbocycles. The zero-order chi connectivity index (χ0) is 15.8. The largest absolute Gasteiger partial charge is 0.496 e. The lowest BCUT2D eigenvalue weighted by molar-refractivity contribution is -0.136. The molecule has 8 nitrogen and oxygen atoms in total. The molecule has 1 N–H and O–H groups in total. The standard InChI is InChI=1S/C13H14N4O4/c1-8(18)15-10-5-4-9(12(7-10)20-2)6-11(16-17-14)13(19)21-3/h4-7H,1-3H3,(H,15,18)/b11-6-. The van der Waals surface area contributed by atoms with Gasteiger partial charge in [-0.2, -0.15) is 0 Å². The van der Waals surface area contributed by atoms with Gasteiger partial charge in [-0.1, -0.05) is 5.11 Å². The maximum atomic E-state index is 11.5. The summed E-state index contributed by atoms with van der Waals surface area (Å²) in [4.78, 5) is 25.0. The summed E-state index contributed by atoms with van der Waals surface area (Å²) in [7, 11) is 2.62. The highest BCUT2D eigenvalue weighted by molar-refractivity contribution is 5.94. The Morgan fingerprint density at radius 3 is 2.62 bits per heavy atom. The lowest BCUT2D eigenvalue weighted by atomic mass is 10.1. The van der Waals surface area contributed by atoms with Crippen molar-refractivity contribution >= 4 is 23.6 Å². The third kappa shape index (κ3) is 4.55. The van der Waals surface area contributed by atoms with E-state index >= 15 is 0 Å². The number of benzene rings is 1. The molecular weight excluding hydrogens is 276 g/mol. The van der Waals surface area contributed by atoms with Gasteiger partial charge < -0.3 is 14.8 Å². The van der Waals surface area contributed by atoms with Crippen LogP contribution in [0.2, 0.25) is 0 Å². The van der Waals surface area contributed by atoms with Crippen LogP contribution in [0.1, 0.15) is 12.5 Å². The van der Waals surface area contributed by atoms with Crippen molar-refractivity contribution in [3.8, 4) is 5.75 Å². The molecule has 0 aliphatic rings. The van der Waals surface area contributed by atoms with Crippen molar-refractivity contribution in [2.75, 3.05) is 19.5 Å². The van der Waals surface area contributed by atoms with Crippen LogP contribution in [0, 0.1) is 0 Å². The molecule has 1 rings (SSSR count). The average molecular weight is 290 g/mol. The quantitative estimate of drug-likeness (QED) is 0.295. The van der Waals surface area contributed by atoms with E-state index in [1.807, 2.05) is 0 Å². The summed E-state index contributed by atoms with van der Waals surface area (Å²) in [5, 5.41) is 5.88. The van der Waals surface area contributed by atoms with Gasteiger partial charge in [0.05, 0.1) is 14.2 Å². The first-order valence-electron chi connectivity index (χ1n) is 5.82. The second-order valence-electron chi connectivity index (χ2n) is 3.85. The monoisotopic (exact) mass is 290 g/mol. The lowest BCUT2D eigenvalue weighted by Crippen LogP contribution is -2.06. The van der Waals surface area contributed by atoms with E-state index in [4.69, 9.17) is 10.3 Å².